The van der Waals surface area contributed by atoms with Crippen molar-refractivity contribution in [2.45, 2.75) is 19.3 Å². The van der Waals surface area contributed by atoms with Crippen LogP contribution in [0.4, 0.5) is 0 Å². The summed E-state index contributed by atoms with van der Waals surface area (Å²) in [6, 6.07) is 10.1. The average molecular weight is 242 g/mol. The van der Waals surface area contributed by atoms with Gasteiger partial charge in [-0.2, -0.15) is 0 Å². The van der Waals surface area contributed by atoms with E-state index in [-0.39, 0.29) is 11.9 Å². The fourth-order valence-corrected chi connectivity index (χ4v) is 3.07. The number of ether oxygens (including phenoxy) is 1. The molecule has 3 rings (SSSR count). The van der Waals surface area contributed by atoms with E-state index < -0.39 is 0 Å². The number of fused-ring (bicyclic) bond motifs is 2. The first-order chi connectivity index (χ1) is 8.83. The molecule has 1 saturated carbocycles. The first-order valence-corrected chi connectivity index (χ1v) is 6.72. The third-order valence-electron chi connectivity index (χ3n) is 4.06. The van der Waals surface area contributed by atoms with E-state index in [0.717, 1.165) is 19.3 Å². The van der Waals surface area contributed by atoms with Crippen LogP contribution in [0.5, 0.6) is 0 Å². The lowest BCUT2D eigenvalue weighted by Gasteiger charge is -2.16. The van der Waals surface area contributed by atoms with Crippen LogP contribution in [0.1, 0.15) is 18.4 Å². The predicted octanol–water partition coefficient (Wildman–Crippen LogP) is 2.98. The first kappa shape index (κ1) is 11.5. The summed E-state index contributed by atoms with van der Waals surface area (Å²) in [5.41, 5.74) is 1.22. The Labute approximate surface area is 108 Å². The molecule has 1 fully saturated rings. The van der Waals surface area contributed by atoms with Gasteiger partial charge in [0, 0.05) is 6.42 Å². The Bertz CT molecular complexity index is 449. The highest BCUT2D eigenvalue weighted by molar-refractivity contribution is 5.74. The lowest BCUT2D eigenvalue weighted by Crippen LogP contribution is -2.22. The van der Waals surface area contributed by atoms with Crippen molar-refractivity contribution in [3.8, 4) is 0 Å². The van der Waals surface area contributed by atoms with Gasteiger partial charge in [0.15, 0.2) is 0 Å². The molecule has 0 spiro atoms. The van der Waals surface area contributed by atoms with Crippen molar-refractivity contribution in [3.05, 3.63) is 48.0 Å². The zero-order valence-electron chi connectivity index (χ0n) is 10.4. The van der Waals surface area contributed by atoms with Crippen LogP contribution in [0.3, 0.4) is 0 Å². The second kappa shape index (κ2) is 4.97. The van der Waals surface area contributed by atoms with Gasteiger partial charge in [0.2, 0.25) is 0 Å². The molecule has 2 heteroatoms. The van der Waals surface area contributed by atoms with E-state index >= 15 is 0 Å². The van der Waals surface area contributed by atoms with Crippen LogP contribution in [0, 0.1) is 17.8 Å². The minimum Gasteiger partial charge on any atom is -0.465 e. The summed E-state index contributed by atoms with van der Waals surface area (Å²) >= 11 is 0. The monoisotopic (exact) mass is 242 g/mol. The number of esters is 1. The molecule has 0 heterocycles. The first-order valence-electron chi connectivity index (χ1n) is 6.72. The molecule has 0 aliphatic heterocycles. The fraction of sp³-hybridized carbons (Fsp3) is 0.438. The number of benzene rings is 1. The lowest BCUT2D eigenvalue weighted by molar-refractivity contribution is -0.149. The van der Waals surface area contributed by atoms with E-state index in [9.17, 15) is 4.79 Å². The summed E-state index contributed by atoms with van der Waals surface area (Å²) < 4.78 is 5.41. The van der Waals surface area contributed by atoms with Crippen molar-refractivity contribution in [1.82, 2.24) is 0 Å². The number of allylic oxidation sites excluding steroid dienone is 2. The number of carbonyl (C=O) groups is 1. The van der Waals surface area contributed by atoms with Gasteiger partial charge in [0.05, 0.1) is 12.5 Å². The van der Waals surface area contributed by atoms with Crippen molar-refractivity contribution in [2.24, 2.45) is 17.8 Å². The second-order valence-electron chi connectivity index (χ2n) is 5.29. The molecule has 2 aliphatic rings. The SMILES string of the molecule is O=C(OCCc1ccccc1)[C@@H]1C[C@H]2C=C[C@H]1C2. The third-order valence-corrected chi connectivity index (χ3v) is 4.06. The van der Waals surface area contributed by atoms with Gasteiger partial charge in [-0.15, -0.1) is 0 Å². The molecule has 1 aromatic carbocycles. The molecule has 2 nitrogen and oxygen atoms in total. The van der Waals surface area contributed by atoms with Crippen LogP contribution in [-0.4, -0.2) is 12.6 Å². The maximum absolute atomic E-state index is 12.0. The van der Waals surface area contributed by atoms with Crippen LogP contribution < -0.4 is 0 Å². The van der Waals surface area contributed by atoms with E-state index in [2.05, 4.69) is 24.3 Å². The summed E-state index contributed by atoms with van der Waals surface area (Å²) in [4.78, 5) is 12.0. The van der Waals surface area contributed by atoms with Gasteiger partial charge in [-0.3, -0.25) is 4.79 Å². The van der Waals surface area contributed by atoms with Gasteiger partial charge < -0.3 is 4.74 Å². The largest absolute Gasteiger partial charge is 0.465 e. The van der Waals surface area contributed by atoms with E-state index in [1.165, 1.54) is 5.56 Å². The molecule has 0 amide bonds. The van der Waals surface area contributed by atoms with Crippen LogP contribution in [0.15, 0.2) is 42.5 Å². The average Bonchev–Trinajstić information content (AvgIpc) is 3.02. The van der Waals surface area contributed by atoms with Crippen LogP contribution in [-0.2, 0) is 16.0 Å². The predicted molar refractivity (Wildman–Crippen MR) is 69.9 cm³/mol. The van der Waals surface area contributed by atoms with E-state index in [4.69, 9.17) is 4.74 Å². The fourth-order valence-electron chi connectivity index (χ4n) is 3.07. The molecule has 0 unspecified atom stereocenters. The van der Waals surface area contributed by atoms with Gasteiger partial charge in [-0.05, 0) is 30.2 Å². The number of hydrogen-bond acceptors (Lipinski definition) is 2. The normalized spacial score (nSPS) is 28.6. The molecule has 2 aliphatic carbocycles. The molecule has 0 radical (unpaired) electrons. The lowest BCUT2D eigenvalue weighted by atomic mass is 9.94. The highest BCUT2D eigenvalue weighted by Gasteiger charge is 2.40. The summed E-state index contributed by atoms with van der Waals surface area (Å²) in [6.07, 6.45) is 7.39. The minimum atomic E-state index is 0.00258. The van der Waals surface area contributed by atoms with Crippen molar-refractivity contribution in [2.75, 3.05) is 6.61 Å². The maximum Gasteiger partial charge on any atom is 0.309 e. The van der Waals surface area contributed by atoms with Crippen LogP contribution in [0.2, 0.25) is 0 Å². The van der Waals surface area contributed by atoms with Crippen molar-refractivity contribution >= 4 is 5.97 Å². The molecule has 94 valence electrons. The maximum atomic E-state index is 12.0. The van der Waals surface area contributed by atoms with Gasteiger partial charge >= 0.3 is 5.97 Å². The highest BCUT2D eigenvalue weighted by Crippen LogP contribution is 2.43. The Kier molecular flexibility index (Phi) is 3.18. The topological polar surface area (TPSA) is 26.3 Å². The van der Waals surface area contributed by atoms with Crippen LogP contribution >= 0.6 is 0 Å². The van der Waals surface area contributed by atoms with Crippen molar-refractivity contribution < 1.29 is 9.53 Å². The number of hydrogen-bond donors (Lipinski definition) is 0. The van der Waals surface area contributed by atoms with E-state index in [0.29, 0.717) is 18.4 Å². The van der Waals surface area contributed by atoms with E-state index in [1.807, 2.05) is 18.2 Å². The molecule has 0 N–H and O–H groups in total. The van der Waals surface area contributed by atoms with Crippen LogP contribution in [0.25, 0.3) is 0 Å². The van der Waals surface area contributed by atoms with Gasteiger partial charge in [0.25, 0.3) is 0 Å². The Morgan fingerprint density at radius 3 is 2.67 bits per heavy atom. The van der Waals surface area contributed by atoms with Gasteiger partial charge in [-0.25, -0.2) is 0 Å². The Morgan fingerprint density at radius 1 is 1.17 bits per heavy atom. The molecule has 0 aromatic heterocycles. The molecule has 18 heavy (non-hydrogen) atoms. The third kappa shape index (κ3) is 2.33. The zero-order chi connectivity index (χ0) is 12.4. The smallest absolute Gasteiger partial charge is 0.309 e. The molecule has 0 saturated heterocycles. The summed E-state index contributed by atoms with van der Waals surface area (Å²) in [6.45, 7) is 0.500. The summed E-state index contributed by atoms with van der Waals surface area (Å²) in [5.74, 6) is 1.19. The second-order valence-corrected chi connectivity index (χ2v) is 5.29. The molecular formula is C16H18O2. The zero-order valence-corrected chi connectivity index (χ0v) is 10.4. The molecular weight excluding hydrogens is 224 g/mol. The van der Waals surface area contributed by atoms with Crippen molar-refractivity contribution in [3.63, 3.8) is 0 Å². The Balaban J connectivity index is 1.46. The molecule has 1 aromatic rings. The minimum absolute atomic E-state index is 0.00258. The highest BCUT2D eigenvalue weighted by atomic mass is 16.5. The number of rotatable bonds is 4. The van der Waals surface area contributed by atoms with Gasteiger partial charge in [0.1, 0.15) is 0 Å². The standard InChI is InChI=1S/C16H18O2/c17-16(15-11-13-6-7-14(15)10-13)18-9-8-12-4-2-1-3-5-12/h1-7,13-15H,8-11H2/t13-,14-,15+/m0/s1. The van der Waals surface area contributed by atoms with E-state index in [1.54, 1.807) is 0 Å². The number of carbonyl (C=O) groups excluding carboxylic acids is 1. The molecule has 3 atom stereocenters. The van der Waals surface area contributed by atoms with Crippen molar-refractivity contribution in [1.29, 1.82) is 0 Å². The summed E-state index contributed by atoms with van der Waals surface area (Å²) in [5, 5.41) is 0. The summed E-state index contributed by atoms with van der Waals surface area (Å²) in [7, 11) is 0. The molecule has 2 bridgehead atoms. The Morgan fingerprint density at radius 2 is 2.00 bits per heavy atom. The van der Waals surface area contributed by atoms with Gasteiger partial charge in [-0.1, -0.05) is 42.5 Å². The Hall–Kier alpha value is -1.57. The quantitative estimate of drug-likeness (QED) is 0.599.